The van der Waals surface area contributed by atoms with E-state index < -0.39 is 18.0 Å². The molecule has 4 rings (SSSR count). The highest BCUT2D eigenvalue weighted by molar-refractivity contribution is 5.91. The lowest BCUT2D eigenvalue weighted by Crippen LogP contribution is -2.34. The Morgan fingerprint density at radius 1 is 1.06 bits per heavy atom. The smallest absolute Gasteiger partial charge is 0.450 e. The summed E-state index contributed by atoms with van der Waals surface area (Å²) in [6.45, 7) is 10.3. The predicted octanol–water partition coefficient (Wildman–Crippen LogP) is 5.79. The number of aromatic carboxylic acids is 1. The zero-order valence-electron chi connectivity index (χ0n) is 18.1. The van der Waals surface area contributed by atoms with Crippen LogP contribution in [0.15, 0.2) is 24.4 Å². The van der Waals surface area contributed by atoms with Gasteiger partial charge in [-0.15, -0.1) is 0 Å². The molecule has 0 spiro atoms. The zero-order valence-corrected chi connectivity index (χ0v) is 18.1. The van der Waals surface area contributed by atoms with E-state index in [0.29, 0.717) is 11.3 Å². The van der Waals surface area contributed by atoms with Crippen LogP contribution in [0.25, 0.3) is 16.9 Å². The van der Waals surface area contributed by atoms with E-state index in [1.165, 1.54) is 0 Å². The molecule has 1 aromatic carbocycles. The van der Waals surface area contributed by atoms with Crippen molar-refractivity contribution in [3.8, 4) is 5.69 Å². The van der Waals surface area contributed by atoms with Crippen LogP contribution in [0.4, 0.5) is 13.2 Å². The normalized spacial score (nSPS) is 17.5. The molecule has 164 valence electrons. The summed E-state index contributed by atoms with van der Waals surface area (Å²) in [7, 11) is 0. The Bertz CT molecular complexity index is 1220. The number of carboxylic acids is 1. The van der Waals surface area contributed by atoms with E-state index in [2.05, 4.69) is 37.7 Å². The number of fused-ring (bicyclic) bond motifs is 2. The molecule has 0 radical (unpaired) electrons. The summed E-state index contributed by atoms with van der Waals surface area (Å²) in [5, 5.41) is 9.18. The summed E-state index contributed by atoms with van der Waals surface area (Å²) >= 11 is 0. The van der Waals surface area contributed by atoms with Gasteiger partial charge in [-0.05, 0) is 59.4 Å². The van der Waals surface area contributed by atoms with Crippen molar-refractivity contribution in [1.82, 2.24) is 14.5 Å². The third kappa shape index (κ3) is 3.38. The fraction of sp³-hybridized carbons (Fsp3) is 0.435. The molecule has 1 aliphatic rings. The summed E-state index contributed by atoms with van der Waals surface area (Å²) in [4.78, 5) is 19.0. The SMILES string of the molecule is Cc1cc2c(cc1-n1c(C(F)(F)F)nc3cc(C(=O)O)cnc31)C(C)(C)CCC2(C)C. The van der Waals surface area contributed by atoms with Crippen LogP contribution in [-0.4, -0.2) is 25.6 Å². The second-order valence-corrected chi connectivity index (χ2v) is 9.59. The lowest BCUT2D eigenvalue weighted by Gasteiger charge is -2.42. The van der Waals surface area contributed by atoms with Crippen molar-refractivity contribution in [2.45, 2.75) is 64.5 Å². The van der Waals surface area contributed by atoms with Crippen molar-refractivity contribution in [3.63, 3.8) is 0 Å². The Kier molecular flexibility index (Phi) is 4.51. The van der Waals surface area contributed by atoms with Gasteiger partial charge in [0.2, 0.25) is 5.82 Å². The Morgan fingerprint density at radius 2 is 1.65 bits per heavy atom. The molecule has 5 nitrogen and oxygen atoms in total. The van der Waals surface area contributed by atoms with Crippen molar-refractivity contribution in [2.75, 3.05) is 0 Å². The molecule has 0 fully saturated rings. The molecule has 0 bridgehead atoms. The van der Waals surface area contributed by atoms with Crippen LogP contribution in [0.1, 0.15) is 73.4 Å². The number of aryl methyl sites for hydroxylation is 1. The van der Waals surface area contributed by atoms with E-state index in [4.69, 9.17) is 0 Å². The standard InChI is InChI=1S/C23H24F3N3O2/c1-12-8-14-15(22(4,5)7-6-21(14,2)3)10-17(12)29-18-16(28-20(29)23(24,25)26)9-13(11-27-18)19(30)31/h8-11H,6-7H2,1-5H3,(H,30,31). The largest absolute Gasteiger partial charge is 0.478 e. The van der Waals surface area contributed by atoms with E-state index in [-0.39, 0.29) is 27.6 Å². The van der Waals surface area contributed by atoms with Crippen molar-refractivity contribution in [3.05, 3.63) is 52.5 Å². The van der Waals surface area contributed by atoms with Gasteiger partial charge in [0.1, 0.15) is 5.52 Å². The average molecular weight is 431 g/mol. The van der Waals surface area contributed by atoms with Gasteiger partial charge in [0, 0.05) is 6.20 Å². The lowest BCUT2D eigenvalue weighted by molar-refractivity contribution is -0.145. The second-order valence-electron chi connectivity index (χ2n) is 9.59. The summed E-state index contributed by atoms with van der Waals surface area (Å²) in [6, 6.07) is 4.93. The number of aromatic nitrogens is 3. The molecule has 0 saturated carbocycles. The first-order chi connectivity index (χ1) is 14.2. The van der Waals surface area contributed by atoms with Gasteiger partial charge in [-0.1, -0.05) is 33.8 Å². The number of hydrogen-bond donors (Lipinski definition) is 1. The van der Waals surface area contributed by atoms with Gasteiger partial charge in [-0.25, -0.2) is 14.8 Å². The van der Waals surface area contributed by atoms with Crippen LogP contribution in [0.3, 0.4) is 0 Å². The minimum Gasteiger partial charge on any atom is -0.478 e. The average Bonchev–Trinajstić information content (AvgIpc) is 3.04. The number of alkyl halides is 3. The van der Waals surface area contributed by atoms with Crippen molar-refractivity contribution in [2.24, 2.45) is 0 Å². The number of benzene rings is 1. The minimum atomic E-state index is -4.73. The summed E-state index contributed by atoms with van der Waals surface area (Å²) in [6.07, 6.45) is -1.76. The maximum atomic E-state index is 13.9. The molecule has 0 unspecified atom stereocenters. The minimum absolute atomic E-state index is 0.0201. The van der Waals surface area contributed by atoms with E-state index in [1.807, 2.05) is 12.1 Å². The molecule has 0 atom stereocenters. The first-order valence-electron chi connectivity index (χ1n) is 10.1. The second kappa shape index (κ2) is 6.55. The van der Waals surface area contributed by atoms with Gasteiger partial charge in [0.05, 0.1) is 11.3 Å². The van der Waals surface area contributed by atoms with Crippen LogP contribution in [-0.2, 0) is 17.0 Å². The summed E-state index contributed by atoms with van der Waals surface area (Å²) in [5.41, 5.74) is 2.59. The zero-order chi connectivity index (χ0) is 22.9. The maximum absolute atomic E-state index is 13.9. The summed E-state index contributed by atoms with van der Waals surface area (Å²) in [5.74, 6) is -2.39. The molecule has 2 aromatic heterocycles. The first-order valence-corrected chi connectivity index (χ1v) is 10.1. The number of nitrogens with zero attached hydrogens (tertiary/aromatic N) is 3. The highest BCUT2D eigenvalue weighted by Crippen LogP contribution is 2.47. The highest BCUT2D eigenvalue weighted by atomic mass is 19.4. The number of pyridine rings is 1. The van der Waals surface area contributed by atoms with Crippen LogP contribution >= 0.6 is 0 Å². The van der Waals surface area contributed by atoms with Gasteiger partial charge in [0.15, 0.2) is 5.65 Å². The molecular weight excluding hydrogens is 407 g/mol. The third-order valence-electron chi connectivity index (χ3n) is 6.41. The topological polar surface area (TPSA) is 68.0 Å². The third-order valence-corrected chi connectivity index (χ3v) is 6.41. The van der Waals surface area contributed by atoms with Gasteiger partial charge in [-0.3, -0.25) is 4.57 Å². The quantitative estimate of drug-likeness (QED) is 0.557. The number of carboxylic acid groups (broad SMARTS) is 1. The fourth-order valence-electron chi connectivity index (χ4n) is 4.45. The summed E-state index contributed by atoms with van der Waals surface area (Å²) < 4.78 is 42.9. The molecule has 8 heteroatoms. The molecule has 1 aliphatic carbocycles. The molecule has 0 aliphatic heterocycles. The molecular formula is C23H24F3N3O2. The number of halogens is 3. The Labute approximate surface area is 177 Å². The van der Waals surface area contributed by atoms with E-state index in [9.17, 15) is 23.1 Å². The fourth-order valence-corrected chi connectivity index (χ4v) is 4.45. The number of imidazole rings is 1. The number of hydrogen-bond acceptors (Lipinski definition) is 3. The molecule has 0 amide bonds. The molecule has 3 aromatic rings. The van der Waals surface area contributed by atoms with Gasteiger partial charge >= 0.3 is 12.1 Å². The van der Waals surface area contributed by atoms with Crippen LogP contribution in [0, 0.1) is 6.92 Å². The van der Waals surface area contributed by atoms with Crippen molar-refractivity contribution in [1.29, 1.82) is 0 Å². The predicted molar refractivity (Wildman–Crippen MR) is 111 cm³/mol. The Hall–Kier alpha value is -2.90. The van der Waals surface area contributed by atoms with E-state index in [0.717, 1.165) is 40.8 Å². The number of rotatable bonds is 2. The van der Waals surface area contributed by atoms with Crippen molar-refractivity contribution < 1.29 is 23.1 Å². The molecule has 0 saturated heterocycles. The lowest BCUT2D eigenvalue weighted by atomic mass is 9.63. The molecule has 2 heterocycles. The molecule has 1 N–H and O–H groups in total. The van der Waals surface area contributed by atoms with E-state index in [1.54, 1.807) is 6.92 Å². The van der Waals surface area contributed by atoms with Gasteiger partial charge in [0.25, 0.3) is 0 Å². The van der Waals surface area contributed by atoms with Gasteiger partial charge in [-0.2, -0.15) is 13.2 Å². The maximum Gasteiger partial charge on any atom is 0.450 e. The monoisotopic (exact) mass is 431 g/mol. The highest BCUT2D eigenvalue weighted by Gasteiger charge is 2.41. The van der Waals surface area contributed by atoms with Crippen LogP contribution < -0.4 is 0 Å². The Morgan fingerprint density at radius 3 is 2.19 bits per heavy atom. The van der Waals surface area contributed by atoms with E-state index >= 15 is 0 Å². The van der Waals surface area contributed by atoms with Crippen molar-refractivity contribution >= 4 is 17.1 Å². The Balaban J connectivity index is 2.06. The van der Waals surface area contributed by atoms with Crippen LogP contribution in [0.2, 0.25) is 0 Å². The van der Waals surface area contributed by atoms with Crippen LogP contribution in [0.5, 0.6) is 0 Å². The molecule has 31 heavy (non-hydrogen) atoms. The van der Waals surface area contributed by atoms with Gasteiger partial charge < -0.3 is 5.11 Å². The number of carbonyl (C=O) groups is 1. The first kappa shape index (κ1) is 21.3.